The average molecular weight is 420 g/mol. The zero-order chi connectivity index (χ0) is 21.7. The average Bonchev–Trinajstić information content (AvgIpc) is 2.76. The number of carbonyl (C=O) groups excluding carboxylic acids is 1. The fourth-order valence-corrected chi connectivity index (χ4v) is 3.26. The quantitative estimate of drug-likeness (QED) is 0.684. The third-order valence-electron chi connectivity index (χ3n) is 4.92. The largest absolute Gasteiger partial charge is 0.497 e. The molecule has 0 N–H and O–H groups in total. The van der Waals surface area contributed by atoms with Gasteiger partial charge in [-0.25, -0.2) is 0 Å². The minimum Gasteiger partial charge on any atom is -0.497 e. The number of piperazine rings is 1. The smallest absolute Gasteiger partial charge is 0.416 e. The molecule has 0 saturated carbocycles. The molecule has 0 bridgehead atoms. The number of nitrogens with zero attached hydrogens (tertiary/aromatic N) is 2. The summed E-state index contributed by atoms with van der Waals surface area (Å²) in [5.41, 5.74) is 0.605. The molecule has 0 radical (unpaired) electrons. The van der Waals surface area contributed by atoms with E-state index in [-0.39, 0.29) is 5.91 Å². The van der Waals surface area contributed by atoms with E-state index in [1.807, 2.05) is 4.90 Å². The first kappa shape index (κ1) is 21.5. The summed E-state index contributed by atoms with van der Waals surface area (Å²) < 4.78 is 49.2. The van der Waals surface area contributed by atoms with E-state index < -0.39 is 11.7 Å². The fourth-order valence-electron chi connectivity index (χ4n) is 3.26. The molecule has 2 aromatic rings. The van der Waals surface area contributed by atoms with Crippen LogP contribution in [0.25, 0.3) is 6.08 Å². The Labute approximate surface area is 173 Å². The van der Waals surface area contributed by atoms with Gasteiger partial charge in [-0.05, 0) is 42.0 Å². The predicted molar refractivity (Wildman–Crippen MR) is 109 cm³/mol. The van der Waals surface area contributed by atoms with Gasteiger partial charge in [-0.2, -0.15) is 13.2 Å². The topological polar surface area (TPSA) is 42.0 Å². The zero-order valence-electron chi connectivity index (χ0n) is 16.8. The van der Waals surface area contributed by atoms with Crippen molar-refractivity contribution in [3.8, 4) is 11.5 Å². The number of anilines is 1. The van der Waals surface area contributed by atoms with E-state index in [0.717, 1.165) is 17.7 Å². The summed E-state index contributed by atoms with van der Waals surface area (Å²) in [6.07, 6.45) is -1.21. The minimum absolute atomic E-state index is 0.152. The number of methoxy groups -OCH3 is 2. The van der Waals surface area contributed by atoms with Gasteiger partial charge in [-0.1, -0.05) is 6.07 Å². The van der Waals surface area contributed by atoms with Crippen molar-refractivity contribution in [2.45, 2.75) is 6.18 Å². The molecule has 30 heavy (non-hydrogen) atoms. The number of alkyl halides is 3. The number of rotatable bonds is 5. The molecule has 0 unspecified atom stereocenters. The highest BCUT2D eigenvalue weighted by Crippen LogP contribution is 2.32. The second-order valence-electron chi connectivity index (χ2n) is 6.84. The first-order chi connectivity index (χ1) is 14.3. The Balaban J connectivity index is 1.61. The highest BCUT2D eigenvalue weighted by molar-refractivity contribution is 5.92. The third-order valence-corrected chi connectivity index (χ3v) is 4.92. The molecule has 5 nitrogen and oxygen atoms in total. The van der Waals surface area contributed by atoms with Gasteiger partial charge in [0.25, 0.3) is 0 Å². The van der Waals surface area contributed by atoms with Crippen LogP contribution in [0.5, 0.6) is 11.5 Å². The van der Waals surface area contributed by atoms with Gasteiger partial charge in [-0.3, -0.25) is 4.79 Å². The van der Waals surface area contributed by atoms with Crippen molar-refractivity contribution >= 4 is 17.7 Å². The van der Waals surface area contributed by atoms with Crippen LogP contribution in [0.3, 0.4) is 0 Å². The van der Waals surface area contributed by atoms with Gasteiger partial charge in [0.2, 0.25) is 5.91 Å². The lowest BCUT2D eigenvalue weighted by Gasteiger charge is -2.35. The monoisotopic (exact) mass is 420 g/mol. The molecule has 0 atom stereocenters. The van der Waals surface area contributed by atoms with Crippen LogP contribution in [-0.4, -0.2) is 51.2 Å². The van der Waals surface area contributed by atoms with E-state index in [0.29, 0.717) is 43.4 Å². The second kappa shape index (κ2) is 9.11. The maximum atomic E-state index is 12.9. The van der Waals surface area contributed by atoms with Gasteiger partial charge in [0.1, 0.15) is 11.5 Å². The van der Waals surface area contributed by atoms with E-state index in [9.17, 15) is 18.0 Å². The van der Waals surface area contributed by atoms with Crippen LogP contribution in [0, 0.1) is 0 Å². The van der Waals surface area contributed by atoms with E-state index in [1.165, 1.54) is 12.1 Å². The van der Waals surface area contributed by atoms with E-state index in [2.05, 4.69) is 0 Å². The van der Waals surface area contributed by atoms with Crippen molar-refractivity contribution < 1.29 is 27.4 Å². The normalized spacial score (nSPS) is 14.8. The van der Waals surface area contributed by atoms with Crippen LogP contribution in [0.1, 0.15) is 11.1 Å². The lowest BCUT2D eigenvalue weighted by Crippen LogP contribution is -2.48. The molecule has 1 saturated heterocycles. The molecule has 1 heterocycles. The first-order valence-corrected chi connectivity index (χ1v) is 9.42. The van der Waals surface area contributed by atoms with E-state index in [1.54, 1.807) is 49.5 Å². The molecule has 1 amide bonds. The molecule has 2 aromatic carbocycles. The van der Waals surface area contributed by atoms with Crippen molar-refractivity contribution in [3.63, 3.8) is 0 Å². The van der Waals surface area contributed by atoms with Crippen LogP contribution in [-0.2, 0) is 11.0 Å². The molecule has 0 aliphatic carbocycles. The van der Waals surface area contributed by atoms with Gasteiger partial charge in [-0.15, -0.1) is 0 Å². The summed E-state index contributed by atoms with van der Waals surface area (Å²) in [4.78, 5) is 16.1. The highest BCUT2D eigenvalue weighted by atomic mass is 19.4. The molecule has 160 valence electrons. The predicted octanol–water partition coefficient (Wildman–Crippen LogP) is 4.08. The van der Waals surface area contributed by atoms with Crippen LogP contribution in [0.4, 0.5) is 18.9 Å². The Hall–Kier alpha value is -3.16. The van der Waals surface area contributed by atoms with Crippen LogP contribution >= 0.6 is 0 Å². The number of halogens is 3. The van der Waals surface area contributed by atoms with Crippen molar-refractivity contribution in [1.82, 2.24) is 4.90 Å². The maximum Gasteiger partial charge on any atom is 0.416 e. The standard InChI is InChI=1S/C22H23F3N2O3/c1-29-19-12-16(13-20(15-19)30-2)6-7-21(28)27-10-8-26(9-11-27)18-5-3-4-17(14-18)22(23,24)25/h3-7,12-15H,8-11H2,1-2H3/b7-6+. The van der Waals surface area contributed by atoms with Crippen LogP contribution in [0.2, 0.25) is 0 Å². The summed E-state index contributed by atoms with van der Waals surface area (Å²) in [7, 11) is 3.11. The van der Waals surface area contributed by atoms with Gasteiger partial charge < -0.3 is 19.3 Å². The lowest BCUT2D eigenvalue weighted by atomic mass is 10.1. The summed E-state index contributed by atoms with van der Waals surface area (Å²) in [5.74, 6) is 1.09. The molecular weight excluding hydrogens is 397 g/mol. The number of benzene rings is 2. The van der Waals surface area contributed by atoms with Gasteiger partial charge in [0.05, 0.1) is 19.8 Å². The van der Waals surface area contributed by atoms with Gasteiger partial charge in [0.15, 0.2) is 0 Å². The highest BCUT2D eigenvalue weighted by Gasteiger charge is 2.31. The SMILES string of the molecule is COc1cc(/C=C/C(=O)N2CCN(c3cccc(C(F)(F)F)c3)CC2)cc(OC)c1. The van der Waals surface area contributed by atoms with Crippen molar-refractivity contribution in [3.05, 3.63) is 59.7 Å². The molecule has 3 rings (SSSR count). The van der Waals surface area contributed by atoms with Crippen molar-refractivity contribution in [2.24, 2.45) is 0 Å². The summed E-state index contributed by atoms with van der Waals surface area (Å²) >= 11 is 0. The van der Waals surface area contributed by atoms with Crippen LogP contribution < -0.4 is 14.4 Å². The number of amides is 1. The summed E-state index contributed by atoms with van der Waals surface area (Å²) in [6.45, 7) is 1.80. The van der Waals surface area contributed by atoms with Crippen molar-refractivity contribution in [1.29, 1.82) is 0 Å². The lowest BCUT2D eigenvalue weighted by molar-refractivity contribution is -0.137. The van der Waals surface area contributed by atoms with Gasteiger partial charge in [0, 0.05) is 44.0 Å². The Morgan fingerprint density at radius 2 is 1.60 bits per heavy atom. The number of hydrogen-bond acceptors (Lipinski definition) is 4. The van der Waals surface area contributed by atoms with Crippen molar-refractivity contribution in [2.75, 3.05) is 45.3 Å². The maximum absolute atomic E-state index is 12.9. The van der Waals surface area contributed by atoms with E-state index >= 15 is 0 Å². The number of hydrogen-bond donors (Lipinski definition) is 0. The molecule has 0 spiro atoms. The molecule has 1 aliphatic heterocycles. The Bertz CT molecular complexity index is 898. The molecule has 8 heteroatoms. The number of ether oxygens (including phenoxy) is 2. The summed E-state index contributed by atoms with van der Waals surface area (Å²) in [5, 5.41) is 0. The molecule has 0 aromatic heterocycles. The third kappa shape index (κ3) is 5.25. The Morgan fingerprint density at radius 1 is 0.967 bits per heavy atom. The van der Waals surface area contributed by atoms with Crippen LogP contribution in [0.15, 0.2) is 48.5 Å². The number of carbonyl (C=O) groups is 1. The van der Waals surface area contributed by atoms with Gasteiger partial charge >= 0.3 is 6.18 Å². The first-order valence-electron chi connectivity index (χ1n) is 9.42. The fraction of sp³-hybridized carbons (Fsp3) is 0.318. The second-order valence-corrected chi connectivity index (χ2v) is 6.84. The Morgan fingerprint density at radius 3 is 2.17 bits per heavy atom. The van der Waals surface area contributed by atoms with E-state index in [4.69, 9.17) is 9.47 Å². The summed E-state index contributed by atoms with van der Waals surface area (Å²) in [6, 6.07) is 10.6. The zero-order valence-corrected chi connectivity index (χ0v) is 16.8. The minimum atomic E-state index is -4.37. The molecule has 1 fully saturated rings. The molecule has 1 aliphatic rings. The Kier molecular flexibility index (Phi) is 6.54. The molecular formula is C22H23F3N2O3.